The van der Waals surface area contributed by atoms with Gasteiger partial charge in [0, 0.05) is 19.2 Å². The number of carbonyl (C=O) groups is 4. The molecule has 0 spiro atoms. The quantitative estimate of drug-likeness (QED) is 0.249. The highest BCUT2D eigenvalue weighted by Gasteiger charge is 2.20. The standard InChI is InChI=1S/C18H27N5O5.C3H8.C2H6/c1-12(24)28-11-13-5-7-14(8-6-13)22-17(26)15(23-16(25)10-20-2)4-3-9-21-18(19)27;1-3-2;1-2/h5-8,15,20H,3-4,9-11H2,1-2H3,(H,22,26)(H,23,25)(H3,19,21,27);3H2,1-2H3;1-2H3. The lowest BCUT2D eigenvalue weighted by atomic mass is 10.1. The van der Waals surface area contributed by atoms with E-state index in [1.807, 2.05) is 13.8 Å². The molecular formula is C23H41N5O5. The van der Waals surface area contributed by atoms with Gasteiger partial charge >= 0.3 is 12.0 Å². The van der Waals surface area contributed by atoms with Crippen LogP contribution in [0.4, 0.5) is 10.5 Å². The van der Waals surface area contributed by atoms with Crippen LogP contribution in [0.3, 0.4) is 0 Å². The molecule has 6 N–H and O–H groups in total. The summed E-state index contributed by atoms with van der Waals surface area (Å²) in [5.74, 6) is -1.07. The summed E-state index contributed by atoms with van der Waals surface area (Å²) >= 11 is 0. The number of likely N-dealkylation sites (N-methyl/N-ethyl adjacent to an activating group) is 1. The normalized spacial score (nSPS) is 10.2. The molecule has 188 valence electrons. The van der Waals surface area contributed by atoms with Crippen LogP contribution in [-0.4, -0.2) is 50.0 Å². The second-order valence-corrected chi connectivity index (χ2v) is 6.76. The highest BCUT2D eigenvalue weighted by molar-refractivity contribution is 5.97. The van der Waals surface area contributed by atoms with Crippen molar-refractivity contribution in [2.45, 2.75) is 66.5 Å². The van der Waals surface area contributed by atoms with Gasteiger partial charge in [-0.05, 0) is 37.6 Å². The van der Waals surface area contributed by atoms with E-state index in [0.717, 1.165) is 5.56 Å². The van der Waals surface area contributed by atoms with Crippen LogP contribution in [0.5, 0.6) is 0 Å². The Morgan fingerprint density at radius 3 is 2.12 bits per heavy atom. The van der Waals surface area contributed by atoms with Crippen molar-refractivity contribution >= 4 is 29.5 Å². The molecule has 1 aromatic rings. The van der Waals surface area contributed by atoms with Crippen LogP contribution in [-0.2, 0) is 25.7 Å². The van der Waals surface area contributed by atoms with Crippen molar-refractivity contribution < 1.29 is 23.9 Å². The van der Waals surface area contributed by atoms with Crippen LogP contribution in [0.2, 0.25) is 0 Å². The third kappa shape index (κ3) is 18.2. The number of urea groups is 1. The summed E-state index contributed by atoms with van der Waals surface area (Å²) in [5, 5.41) is 10.5. The van der Waals surface area contributed by atoms with Crippen LogP contribution < -0.4 is 27.0 Å². The van der Waals surface area contributed by atoms with E-state index >= 15 is 0 Å². The Hall–Kier alpha value is -3.14. The first kappa shape index (κ1) is 32.0. The Morgan fingerprint density at radius 1 is 1.06 bits per heavy atom. The molecule has 4 amide bonds. The number of ether oxygens (including phenoxy) is 1. The summed E-state index contributed by atoms with van der Waals surface area (Å²) in [6.45, 7) is 10.1. The Kier molecular flexibility index (Phi) is 20.1. The molecule has 0 aliphatic carbocycles. The number of nitrogens with one attached hydrogen (secondary N) is 4. The van der Waals surface area contributed by atoms with Crippen LogP contribution in [0.25, 0.3) is 0 Å². The van der Waals surface area contributed by atoms with E-state index in [9.17, 15) is 19.2 Å². The number of primary amides is 1. The molecule has 0 fully saturated rings. The number of nitrogens with two attached hydrogens (primary N) is 1. The van der Waals surface area contributed by atoms with Crippen LogP contribution in [0.1, 0.15) is 59.4 Å². The molecule has 0 aliphatic rings. The van der Waals surface area contributed by atoms with E-state index in [0.29, 0.717) is 25.1 Å². The maximum atomic E-state index is 12.6. The third-order valence-corrected chi connectivity index (χ3v) is 3.62. The third-order valence-electron chi connectivity index (χ3n) is 3.62. The molecule has 10 nitrogen and oxygen atoms in total. The van der Waals surface area contributed by atoms with Crippen molar-refractivity contribution in [3.8, 4) is 0 Å². The lowest BCUT2D eigenvalue weighted by Crippen LogP contribution is -2.46. The first-order valence-electron chi connectivity index (χ1n) is 11.2. The van der Waals surface area contributed by atoms with Crippen molar-refractivity contribution in [2.24, 2.45) is 5.73 Å². The topological polar surface area (TPSA) is 152 Å². The molecule has 0 aromatic heterocycles. The average molecular weight is 468 g/mol. The summed E-state index contributed by atoms with van der Waals surface area (Å²) in [4.78, 5) is 45.9. The van der Waals surface area contributed by atoms with E-state index in [1.54, 1.807) is 31.3 Å². The zero-order chi connectivity index (χ0) is 25.6. The largest absolute Gasteiger partial charge is 0.461 e. The summed E-state index contributed by atoms with van der Waals surface area (Å²) in [5.41, 5.74) is 6.33. The van der Waals surface area contributed by atoms with Crippen molar-refractivity contribution in [1.82, 2.24) is 16.0 Å². The zero-order valence-electron chi connectivity index (χ0n) is 20.7. The van der Waals surface area contributed by atoms with Gasteiger partial charge in [-0.15, -0.1) is 0 Å². The van der Waals surface area contributed by atoms with Crippen molar-refractivity contribution in [1.29, 1.82) is 0 Å². The Morgan fingerprint density at radius 2 is 1.64 bits per heavy atom. The highest BCUT2D eigenvalue weighted by Crippen LogP contribution is 2.12. The second-order valence-electron chi connectivity index (χ2n) is 6.76. The predicted octanol–water partition coefficient (Wildman–Crippen LogP) is 2.28. The summed E-state index contributed by atoms with van der Waals surface area (Å²) in [7, 11) is 1.63. The average Bonchev–Trinajstić information content (AvgIpc) is 2.77. The summed E-state index contributed by atoms with van der Waals surface area (Å²) in [6, 6.07) is 5.40. The molecule has 1 aromatic carbocycles. The fourth-order valence-corrected chi connectivity index (χ4v) is 2.29. The lowest BCUT2D eigenvalue weighted by molar-refractivity contribution is -0.142. The minimum absolute atomic E-state index is 0.0775. The molecule has 0 bridgehead atoms. The first-order chi connectivity index (χ1) is 15.7. The minimum Gasteiger partial charge on any atom is -0.461 e. The number of anilines is 1. The van der Waals surface area contributed by atoms with Crippen molar-refractivity contribution in [2.75, 3.05) is 25.5 Å². The molecule has 1 atom stereocenters. The lowest BCUT2D eigenvalue weighted by Gasteiger charge is -2.19. The van der Waals surface area contributed by atoms with Crippen LogP contribution in [0, 0.1) is 0 Å². The fraction of sp³-hybridized carbons (Fsp3) is 0.565. The maximum Gasteiger partial charge on any atom is 0.312 e. The molecule has 0 aliphatic heterocycles. The Balaban J connectivity index is 0. The van der Waals surface area contributed by atoms with E-state index in [-0.39, 0.29) is 30.9 Å². The summed E-state index contributed by atoms with van der Waals surface area (Å²) in [6.07, 6.45) is 2.04. The number of amides is 4. The second kappa shape index (κ2) is 20.7. The SMILES string of the molecule is CC.CCC.CNCC(=O)NC(CCCNC(N)=O)C(=O)Nc1ccc(COC(C)=O)cc1. The van der Waals surface area contributed by atoms with Gasteiger partial charge in [0.25, 0.3) is 0 Å². The maximum absolute atomic E-state index is 12.6. The molecule has 10 heteroatoms. The predicted molar refractivity (Wildman–Crippen MR) is 131 cm³/mol. The molecule has 33 heavy (non-hydrogen) atoms. The van der Waals surface area contributed by atoms with Gasteiger partial charge in [-0.3, -0.25) is 14.4 Å². The Labute approximate surface area is 197 Å². The van der Waals surface area contributed by atoms with E-state index < -0.39 is 12.1 Å². The number of carbonyl (C=O) groups excluding carboxylic acids is 4. The summed E-state index contributed by atoms with van der Waals surface area (Å²) < 4.78 is 4.91. The minimum atomic E-state index is -0.767. The molecule has 0 heterocycles. The number of esters is 1. The van der Waals surface area contributed by atoms with Crippen LogP contribution >= 0.6 is 0 Å². The van der Waals surface area contributed by atoms with Crippen LogP contribution in [0.15, 0.2) is 24.3 Å². The van der Waals surface area contributed by atoms with Gasteiger partial charge in [0.2, 0.25) is 11.8 Å². The number of hydrogen-bond donors (Lipinski definition) is 5. The van der Waals surface area contributed by atoms with Gasteiger partial charge in [-0.25, -0.2) is 4.79 Å². The van der Waals surface area contributed by atoms with Gasteiger partial charge in [-0.2, -0.15) is 0 Å². The van der Waals surface area contributed by atoms with Gasteiger partial charge in [0.05, 0.1) is 6.54 Å². The first-order valence-corrected chi connectivity index (χ1v) is 11.2. The molecule has 1 unspecified atom stereocenters. The number of rotatable bonds is 11. The van der Waals surface area contributed by atoms with E-state index in [2.05, 4.69) is 35.1 Å². The van der Waals surface area contributed by atoms with Gasteiger partial charge in [0.1, 0.15) is 12.6 Å². The molecule has 0 saturated heterocycles. The zero-order valence-corrected chi connectivity index (χ0v) is 20.7. The molecule has 0 radical (unpaired) electrons. The van der Waals surface area contributed by atoms with Gasteiger partial charge in [-0.1, -0.05) is 46.2 Å². The number of benzene rings is 1. The van der Waals surface area contributed by atoms with Crippen molar-refractivity contribution in [3.05, 3.63) is 29.8 Å². The van der Waals surface area contributed by atoms with Gasteiger partial charge in [0.15, 0.2) is 0 Å². The number of hydrogen-bond acceptors (Lipinski definition) is 6. The fourth-order valence-electron chi connectivity index (χ4n) is 2.29. The highest BCUT2D eigenvalue weighted by atomic mass is 16.5. The molecular weight excluding hydrogens is 426 g/mol. The smallest absolute Gasteiger partial charge is 0.312 e. The van der Waals surface area contributed by atoms with Gasteiger partial charge < -0.3 is 31.7 Å². The molecule has 0 saturated carbocycles. The van der Waals surface area contributed by atoms with E-state index in [1.165, 1.54) is 13.3 Å². The van der Waals surface area contributed by atoms with E-state index in [4.69, 9.17) is 10.5 Å². The monoisotopic (exact) mass is 467 g/mol. The molecule has 1 rings (SSSR count). The Bertz CT molecular complexity index is 695. The van der Waals surface area contributed by atoms with Crippen molar-refractivity contribution in [3.63, 3.8) is 0 Å².